The third kappa shape index (κ3) is 2.51. The molecule has 0 bridgehead atoms. The molecule has 4 nitrogen and oxygen atoms in total. The van der Waals surface area contributed by atoms with E-state index in [0.29, 0.717) is 10.8 Å². The van der Waals surface area contributed by atoms with E-state index in [0.717, 1.165) is 33.1 Å². The second kappa shape index (κ2) is 5.65. The van der Waals surface area contributed by atoms with E-state index in [1.54, 1.807) is 6.07 Å². The first-order valence-corrected chi connectivity index (χ1v) is 7.85. The van der Waals surface area contributed by atoms with Crippen LogP contribution in [0.1, 0.15) is 6.92 Å². The van der Waals surface area contributed by atoms with Crippen molar-refractivity contribution in [3.05, 3.63) is 59.8 Å². The second-order valence-corrected chi connectivity index (χ2v) is 5.94. The number of nitrogens with one attached hydrogen (secondary N) is 1. The van der Waals surface area contributed by atoms with E-state index >= 15 is 0 Å². The van der Waals surface area contributed by atoms with Crippen LogP contribution in [-0.4, -0.2) is 15.9 Å². The SMILES string of the molecule is CC(=O)Oc1cccc2[nH]cc(-c3ccc4cc(Cl)ccc4n3)c12. The van der Waals surface area contributed by atoms with Gasteiger partial charge in [0.15, 0.2) is 0 Å². The van der Waals surface area contributed by atoms with Crippen LogP contribution >= 0.6 is 11.6 Å². The fourth-order valence-electron chi connectivity index (χ4n) is 2.84. The number of ether oxygens (including phenoxy) is 1. The molecular weight excluding hydrogens is 324 g/mol. The number of aromatic amines is 1. The number of hydrogen-bond acceptors (Lipinski definition) is 3. The van der Waals surface area contributed by atoms with E-state index in [1.165, 1.54) is 6.92 Å². The van der Waals surface area contributed by atoms with Crippen LogP contribution in [0.25, 0.3) is 33.1 Å². The Kier molecular flexibility index (Phi) is 3.47. The monoisotopic (exact) mass is 336 g/mol. The van der Waals surface area contributed by atoms with E-state index in [9.17, 15) is 4.79 Å². The van der Waals surface area contributed by atoms with Crippen LogP contribution in [0.3, 0.4) is 0 Å². The van der Waals surface area contributed by atoms with Crippen LogP contribution in [0.15, 0.2) is 54.7 Å². The normalized spacial score (nSPS) is 11.1. The summed E-state index contributed by atoms with van der Waals surface area (Å²) in [5.41, 5.74) is 3.44. The number of nitrogens with zero attached hydrogens (tertiary/aromatic N) is 1. The van der Waals surface area contributed by atoms with Gasteiger partial charge in [-0.25, -0.2) is 4.98 Å². The molecule has 0 aliphatic carbocycles. The van der Waals surface area contributed by atoms with Gasteiger partial charge in [0.25, 0.3) is 0 Å². The smallest absolute Gasteiger partial charge is 0.308 e. The molecule has 0 atom stereocenters. The van der Waals surface area contributed by atoms with Gasteiger partial charge in [-0.1, -0.05) is 23.7 Å². The zero-order valence-electron chi connectivity index (χ0n) is 12.8. The van der Waals surface area contributed by atoms with Crippen molar-refractivity contribution in [2.45, 2.75) is 6.92 Å². The predicted octanol–water partition coefficient (Wildman–Crippen LogP) is 4.96. The summed E-state index contributed by atoms with van der Waals surface area (Å²) < 4.78 is 5.35. The summed E-state index contributed by atoms with van der Waals surface area (Å²) in [6.45, 7) is 1.39. The van der Waals surface area contributed by atoms with Gasteiger partial charge >= 0.3 is 5.97 Å². The summed E-state index contributed by atoms with van der Waals surface area (Å²) in [6.07, 6.45) is 1.88. The summed E-state index contributed by atoms with van der Waals surface area (Å²) in [5, 5.41) is 2.50. The molecule has 0 aliphatic heterocycles. The van der Waals surface area contributed by atoms with Crippen molar-refractivity contribution in [3.8, 4) is 17.0 Å². The minimum Gasteiger partial charge on any atom is -0.426 e. The van der Waals surface area contributed by atoms with Crippen molar-refractivity contribution < 1.29 is 9.53 Å². The Bertz CT molecular complexity index is 1090. The molecule has 4 rings (SSSR count). The molecule has 118 valence electrons. The van der Waals surface area contributed by atoms with Crippen LogP contribution in [0, 0.1) is 0 Å². The zero-order valence-corrected chi connectivity index (χ0v) is 13.6. The lowest BCUT2D eigenvalue weighted by Gasteiger charge is -2.06. The summed E-state index contributed by atoms with van der Waals surface area (Å²) in [7, 11) is 0. The molecule has 4 aromatic rings. The lowest BCUT2D eigenvalue weighted by Crippen LogP contribution is -2.01. The molecule has 0 amide bonds. The molecule has 0 fully saturated rings. The van der Waals surface area contributed by atoms with Gasteiger partial charge in [0.1, 0.15) is 5.75 Å². The molecule has 24 heavy (non-hydrogen) atoms. The Morgan fingerprint density at radius 2 is 2.04 bits per heavy atom. The predicted molar refractivity (Wildman–Crippen MR) is 95.4 cm³/mol. The molecular formula is C19H13ClN2O2. The molecule has 2 aromatic heterocycles. The zero-order chi connectivity index (χ0) is 16.7. The fourth-order valence-corrected chi connectivity index (χ4v) is 3.02. The molecule has 0 saturated carbocycles. The molecule has 0 saturated heterocycles. The van der Waals surface area contributed by atoms with Crippen LogP contribution in [0.5, 0.6) is 5.75 Å². The van der Waals surface area contributed by atoms with Gasteiger partial charge in [0, 0.05) is 34.6 Å². The molecule has 2 heterocycles. The second-order valence-electron chi connectivity index (χ2n) is 5.51. The number of fused-ring (bicyclic) bond motifs is 2. The van der Waals surface area contributed by atoms with Gasteiger partial charge in [-0.05, 0) is 36.4 Å². The minimum atomic E-state index is -0.351. The van der Waals surface area contributed by atoms with Gasteiger partial charge in [-0.2, -0.15) is 0 Å². The lowest BCUT2D eigenvalue weighted by atomic mass is 10.1. The molecule has 1 N–H and O–H groups in total. The maximum atomic E-state index is 11.4. The summed E-state index contributed by atoms with van der Waals surface area (Å²) >= 11 is 6.02. The average Bonchev–Trinajstić information content (AvgIpc) is 2.99. The number of carbonyl (C=O) groups excluding carboxylic acids is 1. The highest BCUT2D eigenvalue weighted by atomic mass is 35.5. The number of carbonyl (C=O) groups is 1. The van der Waals surface area contributed by atoms with Gasteiger partial charge in [-0.15, -0.1) is 0 Å². The Balaban J connectivity index is 1.93. The van der Waals surface area contributed by atoms with Crippen molar-refractivity contribution in [2.75, 3.05) is 0 Å². The Morgan fingerprint density at radius 1 is 1.17 bits per heavy atom. The van der Waals surface area contributed by atoms with Crippen LogP contribution in [0.4, 0.5) is 0 Å². The standard InChI is InChI=1S/C19H13ClN2O2/c1-11(23)24-18-4-2-3-17-19(18)14(10-21-17)16-7-5-12-9-13(20)6-8-15(12)22-16/h2-10,21H,1H3. The number of aromatic nitrogens is 2. The van der Waals surface area contributed by atoms with Crippen LogP contribution in [-0.2, 0) is 4.79 Å². The number of pyridine rings is 1. The fraction of sp³-hybridized carbons (Fsp3) is 0.0526. The highest BCUT2D eigenvalue weighted by Crippen LogP contribution is 2.35. The number of esters is 1. The van der Waals surface area contributed by atoms with Crippen LogP contribution < -0.4 is 4.74 Å². The van der Waals surface area contributed by atoms with Crippen molar-refractivity contribution in [3.63, 3.8) is 0 Å². The first-order valence-electron chi connectivity index (χ1n) is 7.47. The van der Waals surface area contributed by atoms with E-state index in [4.69, 9.17) is 21.3 Å². The number of halogens is 1. The number of benzene rings is 2. The minimum absolute atomic E-state index is 0.351. The summed E-state index contributed by atoms with van der Waals surface area (Å²) in [4.78, 5) is 19.3. The number of hydrogen-bond donors (Lipinski definition) is 1. The molecule has 5 heteroatoms. The van der Waals surface area contributed by atoms with Gasteiger partial charge < -0.3 is 9.72 Å². The third-order valence-corrected chi connectivity index (χ3v) is 4.08. The van der Waals surface area contributed by atoms with Crippen molar-refractivity contribution in [2.24, 2.45) is 0 Å². The Hall–Kier alpha value is -2.85. The van der Waals surface area contributed by atoms with E-state index in [1.807, 2.05) is 48.7 Å². The van der Waals surface area contributed by atoms with E-state index in [-0.39, 0.29) is 5.97 Å². The molecule has 0 radical (unpaired) electrons. The highest BCUT2D eigenvalue weighted by Gasteiger charge is 2.14. The summed E-state index contributed by atoms with van der Waals surface area (Å²) in [5.74, 6) is 0.171. The number of H-pyrrole nitrogens is 1. The maximum absolute atomic E-state index is 11.4. The van der Waals surface area contributed by atoms with E-state index < -0.39 is 0 Å². The topological polar surface area (TPSA) is 55.0 Å². The average molecular weight is 337 g/mol. The van der Waals surface area contributed by atoms with Gasteiger partial charge in [0.05, 0.1) is 16.6 Å². The van der Waals surface area contributed by atoms with Crippen LogP contribution in [0.2, 0.25) is 5.02 Å². The Morgan fingerprint density at radius 3 is 2.88 bits per heavy atom. The van der Waals surface area contributed by atoms with Crippen molar-refractivity contribution >= 4 is 39.4 Å². The molecule has 0 aliphatic rings. The molecule has 0 unspecified atom stereocenters. The summed E-state index contributed by atoms with van der Waals surface area (Å²) in [6, 6.07) is 15.1. The molecule has 0 spiro atoms. The lowest BCUT2D eigenvalue weighted by molar-refractivity contribution is -0.131. The number of rotatable bonds is 2. The van der Waals surface area contributed by atoms with Gasteiger partial charge in [0.2, 0.25) is 0 Å². The maximum Gasteiger partial charge on any atom is 0.308 e. The highest BCUT2D eigenvalue weighted by molar-refractivity contribution is 6.31. The third-order valence-electron chi connectivity index (χ3n) is 3.85. The first kappa shape index (κ1) is 14.7. The van der Waals surface area contributed by atoms with Crippen molar-refractivity contribution in [1.82, 2.24) is 9.97 Å². The van der Waals surface area contributed by atoms with E-state index in [2.05, 4.69) is 4.98 Å². The largest absolute Gasteiger partial charge is 0.426 e. The quantitative estimate of drug-likeness (QED) is 0.415. The molecule has 2 aromatic carbocycles. The first-order chi connectivity index (χ1) is 11.6. The Labute approximate surface area is 143 Å². The van der Waals surface area contributed by atoms with Crippen molar-refractivity contribution in [1.29, 1.82) is 0 Å². The van der Waals surface area contributed by atoms with Gasteiger partial charge in [-0.3, -0.25) is 4.79 Å².